The summed E-state index contributed by atoms with van der Waals surface area (Å²) in [6.07, 6.45) is -0.567. The summed E-state index contributed by atoms with van der Waals surface area (Å²) in [5.74, 6) is 0.691. The summed E-state index contributed by atoms with van der Waals surface area (Å²) < 4.78 is 5.32. The van der Waals surface area contributed by atoms with Crippen LogP contribution >= 0.6 is 11.6 Å². The third kappa shape index (κ3) is 4.60. The average Bonchev–Trinajstić information content (AvgIpc) is 2.64. The fourth-order valence-corrected chi connectivity index (χ4v) is 2.89. The number of halogens is 1. The SMILES string of the molecule is CC(C)(c1ccc(O)cc1)c1ccc(OC(=O)Nc2ccc(Cl)cc2)cc1. The van der Waals surface area contributed by atoms with Crippen LogP contribution < -0.4 is 10.1 Å². The van der Waals surface area contributed by atoms with Crippen molar-refractivity contribution >= 4 is 23.4 Å². The molecule has 0 aliphatic carbocycles. The second kappa shape index (κ2) is 7.72. The highest BCUT2D eigenvalue weighted by Crippen LogP contribution is 2.33. The van der Waals surface area contributed by atoms with Crippen LogP contribution in [-0.2, 0) is 5.41 Å². The number of hydrogen-bond donors (Lipinski definition) is 2. The van der Waals surface area contributed by atoms with Crippen molar-refractivity contribution in [2.45, 2.75) is 19.3 Å². The van der Waals surface area contributed by atoms with Crippen molar-refractivity contribution in [2.75, 3.05) is 5.32 Å². The average molecular weight is 382 g/mol. The molecule has 0 aromatic heterocycles. The summed E-state index contributed by atoms with van der Waals surface area (Å²) in [4.78, 5) is 12.0. The van der Waals surface area contributed by atoms with Crippen LogP contribution in [-0.4, -0.2) is 11.2 Å². The van der Waals surface area contributed by atoms with Crippen LogP contribution in [0, 0.1) is 0 Å². The van der Waals surface area contributed by atoms with Crippen molar-refractivity contribution in [1.29, 1.82) is 0 Å². The van der Waals surface area contributed by atoms with Crippen molar-refractivity contribution in [3.63, 3.8) is 0 Å². The highest BCUT2D eigenvalue weighted by molar-refractivity contribution is 6.30. The number of carbonyl (C=O) groups excluding carboxylic acids is 1. The van der Waals surface area contributed by atoms with Gasteiger partial charge in [-0.15, -0.1) is 0 Å². The molecule has 3 aromatic rings. The van der Waals surface area contributed by atoms with E-state index in [0.29, 0.717) is 16.5 Å². The molecule has 0 heterocycles. The van der Waals surface area contributed by atoms with Gasteiger partial charge in [-0.3, -0.25) is 5.32 Å². The number of rotatable bonds is 4. The Hall–Kier alpha value is -2.98. The summed E-state index contributed by atoms with van der Waals surface area (Å²) in [6.45, 7) is 4.20. The standard InChI is InChI=1S/C22H20ClNO3/c1-22(2,15-3-11-19(25)12-4-15)16-5-13-20(14-6-16)27-21(26)24-18-9-7-17(23)8-10-18/h3-14,25H,1-2H3,(H,24,26). The Kier molecular flexibility index (Phi) is 5.38. The van der Waals surface area contributed by atoms with Crippen molar-refractivity contribution in [2.24, 2.45) is 0 Å². The van der Waals surface area contributed by atoms with Crippen LogP contribution in [0.5, 0.6) is 11.5 Å². The van der Waals surface area contributed by atoms with Crippen LogP contribution in [0.15, 0.2) is 72.8 Å². The molecule has 0 bridgehead atoms. The Morgan fingerprint density at radius 3 is 1.96 bits per heavy atom. The monoisotopic (exact) mass is 381 g/mol. The van der Waals surface area contributed by atoms with Gasteiger partial charge in [-0.2, -0.15) is 0 Å². The van der Waals surface area contributed by atoms with Crippen LogP contribution in [0.4, 0.5) is 10.5 Å². The molecule has 27 heavy (non-hydrogen) atoms. The van der Waals surface area contributed by atoms with Crippen molar-refractivity contribution in [1.82, 2.24) is 0 Å². The van der Waals surface area contributed by atoms with E-state index in [0.717, 1.165) is 11.1 Å². The first-order valence-electron chi connectivity index (χ1n) is 8.49. The van der Waals surface area contributed by atoms with E-state index in [9.17, 15) is 9.90 Å². The van der Waals surface area contributed by atoms with E-state index in [2.05, 4.69) is 19.2 Å². The number of hydrogen-bond acceptors (Lipinski definition) is 3. The third-order valence-corrected chi connectivity index (χ3v) is 4.72. The minimum Gasteiger partial charge on any atom is -0.508 e. The fourth-order valence-electron chi connectivity index (χ4n) is 2.77. The molecule has 0 spiro atoms. The number of anilines is 1. The number of aromatic hydroxyl groups is 1. The van der Waals surface area contributed by atoms with Gasteiger partial charge in [-0.25, -0.2) is 4.79 Å². The van der Waals surface area contributed by atoms with Gasteiger partial charge in [0.1, 0.15) is 11.5 Å². The van der Waals surface area contributed by atoms with E-state index < -0.39 is 6.09 Å². The molecule has 0 aliphatic rings. The number of nitrogens with one attached hydrogen (secondary N) is 1. The lowest BCUT2D eigenvalue weighted by Crippen LogP contribution is -2.19. The van der Waals surface area contributed by atoms with E-state index in [-0.39, 0.29) is 11.2 Å². The third-order valence-electron chi connectivity index (χ3n) is 4.47. The van der Waals surface area contributed by atoms with E-state index in [1.54, 1.807) is 48.5 Å². The number of phenolic OH excluding ortho intramolecular Hbond substituents is 1. The Balaban J connectivity index is 1.68. The number of carbonyl (C=O) groups is 1. The molecule has 0 saturated heterocycles. The molecular weight excluding hydrogens is 362 g/mol. The Bertz CT molecular complexity index is 917. The number of amides is 1. The van der Waals surface area contributed by atoms with Crippen LogP contribution in [0.25, 0.3) is 0 Å². The van der Waals surface area contributed by atoms with Gasteiger partial charge in [0, 0.05) is 16.1 Å². The maximum absolute atomic E-state index is 12.0. The van der Waals surface area contributed by atoms with Crippen molar-refractivity contribution in [3.05, 3.63) is 88.9 Å². The maximum atomic E-state index is 12.0. The van der Waals surface area contributed by atoms with Crippen molar-refractivity contribution in [3.8, 4) is 11.5 Å². The molecular formula is C22H20ClNO3. The van der Waals surface area contributed by atoms with Gasteiger partial charge in [-0.1, -0.05) is 49.7 Å². The first-order chi connectivity index (χ1) is 12.8. The van der Waals surface area contributed by atoms with Crippen molar-refractivity contribution < 1.29 is 14.6 Å². The second-order valence-electron chi connectivity index (χ2n) is 6.72. The van der Waals surface area contributed by atoms with Crippen LogP contribution in [0.3, 0.4) is 0 Å². The molecule has 4 nitrogen and oxygen atoms in total. The summed E-state index contributed by atoms with van der Waals surface area (Å²) in [6, 6.07) is 21.3. The molecule has 1 amide bonds. The van der Waals surface area contributed by atoms with E-state index in [4.69, 9.17) is 16.3 Å². The van der Waals surface area contributed by atoms with Gasteiger partial charge in [0.2, 0.25) is 0 Å². The van der Waals surface area contributed by atoms with Crippen LogP contribution in [0.2, 0.25) is 5.02 Å². The van der Waals surface area contributed by atoms with E-state index in [1.807, 2.05) is 24.3 Å². The molecule has 5 heteroatoms. The molecule has 3 aromatic carbocycles. The molecule has 138 valence electrons. The predicted molar refractivity (Wildman–Crippen MR) is 108 cm³/mol. The van der Waals surface area contributed by atoms with Gasteiger partial charge in [-0.05, 0) is 59.7 Å². The number of ether oxygens (including phenoxy) is 1. The smallest absolute Gasteiger partial charge is 0.417 e. The summed E-state index contributed by atoms with van der Waals surface area (Å²) in [5, 5.41) is 12.7. The summed E-state index contributed by atoms with van der Waals surface area (Å²) in [5.41, 5.74) is 2.50. The molecule has 3 rings (SSSR count). The zero-order valence-electron chi connectivity index (χ0n) is 15.1. The predicted octanol–water partition coefficient (Wildman–Crippen LogP) is 5.98. The molecule has 0 fully saturated rings. The minimum absolute atomic E-state index is 0.241. The highest BCUT2D eigenvalue weighted by Gasteiger charge is 2.23. The number of benzene rings is 3. The first-order valence-corrected chi connectivity index (χ1v) is 8.87. The largest absolute Gasteiger partial charge is 0.508 e. The molecule has 0 atom stereocenters. The summed E-state index contributed by atoms with van der Waals surface area (Å²) >= 11 is 5.83. The maximum Gasteiger partial charge on any atom is 0.417 e. The van der Waals surface area contributed by atoms with Gasteiger partial charge in [0.05, 0.1) is 0 Å². The van der Waals surface area contributed by atoms with E-state index in [1.165, 1.54) is 0 Å². The molecule has 0 unspecified atom stereocenters. The van der Waals surface area contributed by atoms with Gasteiger partial charge in [0.25, 0.3) is 0 Å². The van der Waals surface area contributed by atoms with E-state index >= 15 is 0 Å². The van der Waals surface area contributed by atoms with Gasteiger partial charge >= 0.3 is 6.09 Å². The topological polar surface area (TPSA) is 58.6 Å². The molecule has 0 saturated carbocycles. The quantitative estimate of drug-likeness (QED) is 0.584. The fraction of sp³-hybridized carbons (Fsp3) is 0.136. The van der Waals surface area contributed by atoms with Gasteiger partial charge < -0.3 is 9.84 Å². The lowest BCUT2D eigenvalue weighted by Gasteiger charge is -2.26. The molecule has 0 radical (unpaired) electrons. The first kappa shape index (κ1) is 18.8. The van der Waals surface area contributed by atoms with Gasteiger partial charge in [0.15, 0.2) is 0 Å². The molecule has 0 aliphatic heterocycles. The number of phenols is 1. The lowest BCUT2D eigenvalue weighted by molar-refractivity contribution is 0.215. The Morgan fingerprint density at radius 1 is 0.889 bits per heavy atom. The second-order valence-corrected chi connectivity index (χ2v) is 7.15. The Morgan fingerprint density at radius 2 is 1.41 bits per heavy atom. The lowest BCUT2D eigenvalue weighted by atomic mass is 9.78. The Labute approximate surface area is 163 Å². The zero-order chi connectivity index (χ0) is 19.4. The zero-order valence-corrected chi connectivity index (χ0v) is 15.8. The minimum atomic E-state index is -0.567. The summed E-state index contributed by atoms with van der Waals surface area (Å²) in [7, 11) is 0. The van der Waals surface area contributed by atoms with Crippen LogP contribution in [0.1, 0.15) is 25.0 Å². The molecule has 2 N–H and O–H groups in total. The highest BCUT2D eigenvalue weighted by atomic mass is 35.5. The normalized spacial score (nSPS) is 11.1.